The van der Waals surface area contributed by atoms with E-state index in [9.17, 15) is 4.79 Å². The number of fused-ring (bicyclic) bond motifs is 1. The quantitative estimate of drug-likeness (QED) is 0.839. The van der Waals surface area contributed by atoms with Gasteiger partial charge < -0.3 is 9.80 Å². The van der Waals surface area contributed by atoms with Gasteiger partial charge in [0, 0.05) is 51.4 Å². The van der Waals surface area contributed by atoms with E-state index in [1.165, 1.54) is 22.3 Å². The summed E-state index contributed by atoms with van der Waals surface area (Å²) in [5.74, 6) is 0.154. The van der Waals surface area contributed by atoms with E-state index in [1.807, 2.05) is 17.0 Å². The third kappa shape index (κ3) is 4.23. The molecule has 1 fully saturated rings. The number of carbonyl (C=O) groups excluding carboxylic acids is 1. The zero-order valence-corrected chi connectivity index (χ0v) is 16.4. The average Bonchev–Trinajstić information content (AvgIpc) is 2.69. The summed E-state index contributed by atoms with van der Waals surface area (Å²) in [6, 6.07) is 14.8. The van der Waals surface area contributed by atoms with E-state index < -0.39 is 0 Å². The Labute approximate surface area is 162 Å². The molecule has 27 heavy (non-hydrogen) atoms. The summed E-state index contributed by atoms with van der Waals surface area (Å²) in [6.45, 7) is 9.00. The molecular formula is C23H29N3O. The van der Waals surface area contributed by atoms with Gasteiger partial charge in [-0.25, -0.2) is 0 Å². The number of hydrogen-bond donors (Lipinski definition) is 0. The normalized spacial score (nSPS) is 18.4. The molecule has 0 saturated carbocycles. The number of aryl methyl sites for hydroxylation is 1. The van der Waals surface area contributed by atoms with Crippen molar-refractivity contribution in [3.05, 3.63) is 70.3 Å². The first-order valence-corrected chi connectivity index (χ1v) is 9.96. The minimum atomic E-state index is 0.154. The van der Waals surface area contributed by atoms with Crippen molar-refractivity contribution < 1.29 is 4.79 Å². The van der Waals surface area contributed by atoms with Crippen molar-refractivity contribution >= 4 is 5.91 Å². The van der Waals surface area contributed by atoms with Gasteiger partial charge in [-0.15, -0.1) is 0 Å². The lowest BCUT2D eigenvalue weighted by Crippen LogP contribution is -2.43. The molecule has 1 saturated heterocycles. The predicted octanol–water partition coefficient (Wildman–Crippen LogP) is 2.94. The molecule has 0 unspecified atom stereocenters. The Kier molecular flexibility index (Phi) is 5.28. The summed E-state index contributed by atoms with van der Waals surface area (Å²) in [6.07, 6.45) is 0.948. The van der Waals surface area contributed by atoms with Crippen molar-refractivity contribution in [2.24, 2.45) is 0 Å². The van der Waals surface area contributed by atoms with Crippen LogP contribution in [0.2, 0.25) is 0 Å². The lowest BCUT2D eigenvalue weighted by atomic mass is 9.97. The Hall–Kier alpha value is -2.17. The van der Waals surface area contributed by atoms with Gasteiger partial charge in [0.1, 0.15) is 0 Å². The van der Waals surface area contributed by atoms with E-state index in [0.29, 0.717) is 0 Å². The fourth-order valence-corrected chi connectivity index (χ4v) is 4.10. The Morgan fingerprint density at radius 1 is 0.963 bits per heavy atom. The number of rotatable bonds is 3. The third-order valence-corrected chi connectivity index (χ3v) is 5.84. The van der Waals surface area contributed by atoms with Gasteiger partial charge in [0.15, 0.2) is 0 Å². The van der Waals surface area contributed by atoms with E-state index in [0.717, 1.165) is 57.8 Å². The average molecular weight is 364 g/mol. The molecule has 4 heteroatoms. The number of piperazine rings is 1. The lowest BCUT2D eigenvalue weighted by Gasteiger charge is -2.32. The fourth-order valence-electron chi connectivity index (χ4n) is 4.10. The zero-order valence-electron chi connectivity index (χ0n) is 16.4. The maximum Gasteiger partial charge on any atom is 0.254 e. The van der Waals surface area contributed by atoms with Crippen LogP contribution in [0.4, 0.5) is 0 Å². The van der Waals surface area contributed by atoms with Gasteiger partial charge in [-0.1, -0.05) is 35.9 Å². The van der Waals surface area contributed by atoms with Crippen molar-refractivity contribution in [1.82, 2.24) is 14.7 Å². The fraction of sp³-hybridized carbons (Fsp3) is 0.435. The van der Waals surface area contributed by atoms with Gasteiger partial charge in [-0.05, 0) is 49.2 Å². The lowest BCUT2D eigenvalue weighted by molar-refractivity contribution is 0.0734. The molecule has 0 radical (unpaired) electrons. The van der Waals surface area contributed by atoms with Gasteiger partial charge in [0.05, 0.1) is 0 Å². The second kappa shape index (κ2) is 7.83. The Balaban J connectivity index is 1.44. The smallest absolute Gasteiger partial charge is 0.254 e. The molecule has 0 spiro atoms. The number of benzene rings is 2. The van der Waals surface area contributed by atoms with Crippen LogP contribution in [0.3, 0.4) is 0 Å². The first-order valence-electron chi connectivity index (χ1n) is 9.96. The number of carbonyl (C=O) groups is 1. The second-order valence-corrected chi connectivity index (χ2v) is 8.03. The van der Waals surface area contributed by atoms with Crippen LogP contribution in [0.5, 0.6) is 0 Å². The first-order chi connectivity index (χ1) is 13.1. The van der Waals surface area contributed by atoms with Gasteiger partial charge in [-0.2, -0.15) is 0 Å². The van der Waals surface area contributed by atoms with Crippen LogP contribution in [0.1, 0.15) is 32.6 Å². The summed E-state index contributed by atoms with van der Waals surface area (Å²) < 4.78 is 0. The van der Waals surface area contributed by atoms with Gasteiger partial charge in [0.25, 0.3) is 5.91 Å². The molecule has 4 nitrogen and oxygen atoms in total. The van der Waals surface area contributed by atoms with E-state index in [2.05, 4.69) is 54.1 Å². The van der Waals surface area contributed by atoms with Crippen molar-refractivity contribution in [2.45, 2.75) is 26.4 Å². The van der Waals surface area contributed by atoms with Crippen LogP contribution in [-0.2, 0) is 19.5 Å². The molecule has 0 bridgehead atoms. The summed E-state index contributed by atoms with van der Waals surface area (Å²) in [4.78, 5) is 19.9. The van der Waals surface area contributed by atoms with E-state index in [4.69, 9.17) is 0 Å². The maximum absolute atomic E-state index is 13.1. The molecule has 2 aromatic carbocycles. The topological polar surface area (TPSA) is 26.8 Å². The predicted molar refractivity (Wildman–Crippen MR) is 109 cm³/mol. The number of nitrogens with zero attached hydrogens (tertiary/aromatic N) is 3. The highest BCUT2D eigenvalue weighted by Gasteiger charge is 2.22. The highest BCUT2D eigenvalue weighted by atomic mass is 16.2. The van der Waals surface area contributed by atoms with E-state index in [-0.39, 0.29) is 5.91 Å². The Bertz CT molecular complexity index is 824. The van der Waals surface area contributed by atoms with Gasteiger partial charge in [-0.3, -0.25) is 9.69 Å². The van der Waals surface area contributed by atoms with Crippen LogP contribution in [-0.4, -0.2) is 60.4 Å². The molecule has 0 aromatic heterocycles. The van der Waals surface area contributed by atoms with Crippen molar-refractivity contribution in [3.63, 3.8) is 0 Å². The molecule has 2 aliphatic rings. The molecule has 4 rings (SSSR count). The monoisotopic (exact) mass is 363 g/mol. The van der Waals surface area contributed by atoms with E-state index >= 15 is 0 Å². The highest BCUT2D eigenvalue weighted by Crippen LogP contribution is 2.22. The Morgan fingerprint density at radius 3 is 2.59 bits per heavy atom. The molecule has 1 amide bonds. The molecule has 0 atom stereocenters. The summed E-state index contributed by atoms with van der Waals surface area (Å²) in [7, 11) is 2.18. The molecule has 142 valence electrons. The van der Waals surface area contributed by atoms with Crippen LogP contribution >= 0.6 is 0 Å². The number of likely N-dealkylation sites (N-methyl/N-ethyl adjacent to an activating group) is 1. The van der Waals surface area contributed by atoms with Crippen LogP contribution in [0, 0.1) is 6.92 Å². The van der Waals surface area contributed by atoms with Gasteiger partial charge >= 0.3 is 0 Å². The number of hydrogen-bond acceptors (Lipinski definition) is 3. The van der Waals surface area contributed by atoms with Crippen molar-refractivity contribution in [3.8, 4) is 0 Å². The minimum Gasteiger partial charge on any atom is -0.334 e. The molecule has 2 aromatic rings. The third-order valence-electron chi connectivity index (χ3n) is 5.84. The van der Waals surface area contributed by atoms with Crippen molar-refractivity contribution in [1.29, 1.82) is 0 Å². The SMILES string of the molecule is Cc1ccc2c(c1)CCN(C(=O)c1cccc(CN3CCN(C)CC3)c1)C2. The molecule has 0 N–H and O–H groups in total. The first kappa shape index (κ1) is 18.2. The summed E-state index contributed by atoms with van der Waals surface area (Å²) >= 11 is 0. The molecule has 2 aliphatic heterocycles. The molecule has 2 heterocycles. The van der Waals surface area contributed by atoms with Crippen LogP contribution in [0.25, 0.3) is 0 Å². The maximum atomic E-state index is 13.1. The standard InChI is InChI=1S/C23H29N3O/c1-18-6-7-22-17-26(9-8-20(22)14-18)23(27)21-5-3-4-19(15-21)16-25-12-10-24(2)11-13-25/h3-7,14-15H,8-13,16-17H2,1-2H3. The summed E-state index contributed by atoms with van der Waals surface area (Å²) in [5.41, 5.74) is 6.03. The zero-order chi connectivity index (χ0) is 18.8. The highest BCUT2D eigenvalue weighted by molar-refractivity contribution is 5.94. The number of amides is 1. The van der Waals surface area contributed by atoms with Crippen LogP contribution < -0.4 is 0 Å². The summed E-state index contributed by atoms with van der Waals surface area (Å²) in [5, 5.41) is 0. The molecular weight excluding hydrogens is 334 g/mol. The van der Waals surface area contributed by atoms with E-state index in [1.54, 1.807) is 0 Å². The second-order valence-electron chi connectivity index (χ2n) is 8.03. The Morgan fingerprint density at radius 2 is 1.78 bits per heavy atom. The minimum absolute atomic E-state index is 0.154. The van der Waals surface area contributed by atoms with Crippen molar-refractivity contribution in [2.75, 3.05) is 39.8 Å². The van der Waals surface area contributed by atoms with Gasteiger partial charge in [0.2, 0.25) is 0 Å². The largest absolute Gasteiger partial charge is 0.334 e. The molecule has 0 aliphatic carbocycles. The van der Waals surface area contributed by atoms with Crippen LogP contribution in [0.15, 0.2) is 42.5 Å².